The maximum Gasteiger partial charge on any atom is 0.0897 e. The van der Waals surface area contributed by atoms with Crippen LogP contribution in [0.3, 0.4) is 0 Å². The summed E-state index contributed by atoms with van der Waals surface area (Å²) in [6.45, 7) is 7.89. The smallest absolute Gasteiger partial charge is 0.0897 e. The summed E-state index contributed by atoms with van der Waals surface area (Å²) in [5.41, 5.74) is 1.13. The van der Waals surface area contributed by atoms with Crippen LogP contribution in [0.2, 0.25) is 0 Å². The molecule has 120 valence electrons. The van der Waals surface area contributed by atoms with Crippen molar-refractivity contribution in [3.63, 3.8) is 0 Å². The Morgan fingerprint density at radius 2 is 1.95 bits per heavy atom. The lowest BCUT2D eigenvalue weighted by molar-refractivity contribution is 0.0288. The van der Waals surface area contributed by atoms with Crippen LogP contribution in [-0.2, 0) is 11.3 Å². The average molecular weight is 294 g/mol. The van der Waals surface area contributed by atoms with Crippen LogP contribution in [0, 0.1) is 0 Å². The van der Waals surface area contributed by atoms with Gasteiger partial charge in [-0.15, -0.1) is 0 Å². The Labute approximate surface area is 129 Å². The van der Waals surface area contributed by atoms with E-state index in [9.17, 15) is 5.11 Å². The summed E-state index contributed by atoms with van der Waals surface area (Å²) in [7, 11) is 2.14. The number of aliphatic hydroxyl groups excluding tert-OH is 1. The number of aliphatic hydroxyl groups is 1. The molecule has 0 aromatic heterocycles. The van der Waals surface area contributed by atoms with Crippen LogP contribution >= 0.6 is 0 Å². The lowest BCUT2D eigenvalue weighted by atomic mass is 10.2. The quantitative estimate of drug-likeness (QED) is 0.612. The lowest BCUT2D eigenvalue weighted by Crippen LogP contribution is -2.33. The van der Waals surface area contributed by atoms with E-state index in [1.54, 1.807) is 0 Å². The number of nitrogens with one attached hydrogen (secondary N) is 1. The van der Waals surface area contributed by atoms with E-state index in [1.807, 2.05) is 30.3 Å². The molecule has 2 N–H and O–H groups in total. The standard InChI is InChI=1S/C17H30N2O2/c1-15(2)19(3)11-7-10-18-12-17(20)14-21-13-16-8-5-4-6-9-16/h4-6,8-9,15,17-18,20H,7,10-14H2,1-3H3. The van der Waals surface area contributed by atoms with Crippen LogP contribution in [0.15, 0.2) is 30.3 Å². The second kappa shape index (κ2) is 10.7. The zero-order valence-corrected chi connectivity index (χ0v) is 13.6. The Hall–Kier alpha value is -0.940. The van der Waals surface area contributed by atoms with Gasteiger partial charge in [-0.2, -0.15) is 0 Å². The van der Waals surface area contributed by atoms with Crippen molar-refractivity contribution in [2.45, 2.75) is 39.0 Å². The van der Waals surface area contributed by atoms with Gasteiger partial charge in [-0.05, 0) is 46.0 Å². The monoisotopic (exact) mass is 294 g/mol. The molecule has 0 saturated carbocycles. The molecule has 0 amide bonds. The first-order valence-electron chi connectivity index (χ1n) is 7.80. The molecule has 0 bridgehead atoms. The van der Waals surface area contributed by atoms with Crippen molar-refractivity contribution in [2.24, 2.45) is 0 Å². The zero-order valence-electron chi connectivity index (χ0n) is 13.6. The van der Waals surface area contributed by atoms with Gasteiger partial charge in [0.25, 0.3) is 0 Å². The Balaban J connectivity index is 1.98. The van der Waals surface area contributed by atoms with Gasteiger partial charge in [-0.3, -0.25) is 0 Å². The van der Waals surface area contributed by atoms with E-state index >= 15 is 0 Å². The third-order valence-electron chi connectivity index (χ3n) is 3.55. The first-order chi connectivity index (χ1) is 10.1. The predicted octanol–water partition coefficient (Wildman–Crippen LogP) is 1.88. The van der Waals surface area contributed by atoms with Crippen molar-refractivity contribution in [1.29, 1.82) is 0 Å². The molecule has 1 unspecified atom stereocenters. The van der Waals surface area contributed by atoms with Gasteiger partial charge in [-0.1, -0.05) is 30.3 Å². The van der Waals surface area contributed by atoms with Crippen molar-refractivity contribution in [2.75, 3.05) is 33.3 Å². The summed E-state index contributed by atoms with van der Waals surface area (Å²) in [5.74, 6) is 0. The number of hydrogen-bond donors (Lipinski definition) is 2. The van der Waals surface area contributed by atoms with Crippen LogP contribution < -0.4 is 5.32 Å². The van der Waals surface area contributed by atoms with Gasteiger partial charge in [0.2, 0.25) is 0 Å². The predicted molar refractivity (Wildman–Crippen MR) is 87.4 cm³/mol. The van der Waals surface area contributed by atoms with Gasteiger partial charge < -0.3 is 20.1 Å². The minimum absolute atomic E-state index is 0.369. The van der Waals surface area contributed by atoms with Crippen LogP contribution in [0.5, 0.6) is 0 Å². The zero-order chi connectivity index (χ0) is 15.5. The number of ether oxygens (including phenoxy) is 1. The third-order valence-corrected chi connectivity index (χ3v) is 3.55. The second-order valence-electron chi connectivity index (χ2n) is 5.79. The SMILES string of the molecule is CC(C)N(C)CCCNCC(O)COCc1ccccc1. The van der Waals surface area contributed by atoms with Crippen LogP contribution in [0.1, 0.15) is 25.8 Å². The highest BCUT2D eigenvalue weighted by molar-refractivity contribution is 5.13. The van der Waals surface area contributed by atoms with Crippen LogP contribution in [0.25, 0.3) is 0 Å². The van der Waals surface area contributed by atoms with Gasteiger partial charge in [0, 0.05) is 12.6 Å². The fourth-order valence-electron chi connectivity index (χ4n) is 1.93. The van der Waals surface area contributed by atoms with E-state index in [0.29, 0.717) is 25.8 Å². The van der Waals surface area contributed by atoms with Gasteiger partial charge in [0.1, 0.15) is 0 Å². The molecule has 0 spiro atoms. The third kappa shape index (κ3) is 8.83. The first-order valence-corrected chi connectivity index (χ1v) is 7.80. The van der Waals surface area contributed by atoms with E-state index < -0.39 is 6.10 Å². The molecule has 1 atom stereocenters. The Kier molecular flexibility index (Phi) is 9.26. The largest absolute Gasteiger partial charge is 0.389 e. The van der Waals surface area contributed by atoms with Crippen molar-refractivity contribution in [3.8, 4) is 0 Å². The molecule has 0 radical (unpaired) electrons. The molecular formula is C17H30N2O2. The van der Waals surface area contributed by atoms with Crippen molar-refractivity contribution < 1.29 is 9.84 Å². The maximum atomic E-state index is 9.83. The van der Waals surface area contributed by atoms with Crippen molar-refractivity contribution in [1.82, 2.24) is 10.2 Å². The normalized spacial score (nSPS) is 13.0. The summed E-state index contributed by atoms with van der Waals surface area (Å²) >= 11 is 0. The Bertz CT molecular complexity index is 357. The van der Waals surface area contributed by atoms with E-state index in [2.05, 4.69) is 31.1 Å². The summed E-state index contributed by atoms with van der Waals surface area (Å²) < 4.78 is 5.51. The maximum absolute atomic E-state index is 9.83. The summed E-state index contributed by atoms with van der Waals surface area (Å²) in [5, 5.41) is 13.1. The van der Waals surface area contributed by atoms with Crippen LogP contribution in [0.4, 0.5) is 0 Å². The van der Waals surface area contributed by atoms with E-state index in [4.69, 9.17) is 4.74 Å². The summed E-state index contributed by atoms with van der Waals surface area (Å²) in [6.07, 6.45) is 0.642. The highest BCUT2D eigenvalue weighted by atomic mass is 16.5. The number of benzene rings is 1. The van der Waals surface area contributed by atoms with Gasteiger partial charge in [-0.25, -0.2) is 0 Å². The summed E-state index contributed by atoms with van der Waals surface area (Å²) in [4.78, 5) is 2.32. The lowest BCUT2D eigenvalue weighted by Gasteiger charge is -2.21. The number of hydrogen-bond acceptors (Lipinski definition) is 4. The molecule has 21 heavy (non-hydrogen) atoms. The molecule has 4 nitrogen and oxygen atoms in total. The van der Waals surface area contributed by atoms with Crippen molar-refractivity contribution >= 4 is 0 Å². The number of rotatable bonds is 11. The fourth-order valence-corrected chi connectivity index (χ4v) is 1.93. The van der Waals surface area contributed by atoms with E-state index in [-0.39, 0.29) is 0 Å². The van der Waals surface area contributed by atoms with Crippen molar-refractivity contribution in [3.05, 3.63) is 35.9 Å². The van der Waals surface area contributed by atoms with Gasteiger partial charge >= 0.3 is 0 Å². The minimum atomic E-state index is -0.448. The first kappa shape index (κ1) is 18.1. The Morgan fingerprint density at radius 1 is 1.24 bits per heavy atom. The van der Waals surface area contributed by atoms with Gasteiger partial charge in [0.15, 0.2) is 0 Å². The molecule has 1 rings (SSSR count). The minimum Gasteiger partial charge on any atom is -0.389 e. The topological polar surface area (TPSA) is 44.7 Å². The Morgan fingerprint density at radius 3 is 2.62 bits per heavy atom. The van der Waals surface area contributed by atoms with E-state index in [0.717, 1.165) is 25.1 Å². The molecular weight excluding hydrogens is 264 g/mol. The summed E-state index contributed by atoms with van der Waals surface area (Å²) in [6, 6.07) is 10.6. The fraction of sp³-hybridized carbons (Fsp3) is 0.647. The number of nitrogens with zero attached hydrogens (tertiary/aromatic N) is 1. The molecule has 0 fully saturated rings. The average Bonchev–Trinajstić information content (AvgIpc) is 2.47. The second-order valence-corrected chi connectivity index (χ2v) is 5.79. The molecule has 0 aliphatic carbocycles. The highest BCUT2D eigenvalue weighted by Crippen LogP contribution is 2.00. The molecule has 4 heteroatoms. The van der Waals surface area contributed by atoms with E-state index in [1.165, 1.54) is 0 Å². The van der Waals surface area contributed by atoms with Gasteiger partial charge in [0.05, 0.1) is 19.3 Å². The molecule has 1 aromatic rings. The molecule has 0 aliphatic heterocycles. The highest BCUT2D eigenvalue weighted by Gasteiger charge is 2.05. The molecule has 0 saturated heterocycles. The molecule has 0 heterocycles. The molecule has 1 aromatic carbocycles. The molecule has 0 aliphatic rings. The van der Waals surface area contributed by atoms with Crippen LogP contribution in [-0.4, -0.2) is 55.4 Å².